The largest absolute Gasteiger partial charge is 0.481 e. The maximum atomic E-state index is 12.6. The Kier molecular flexibility index (Phi) is 5.33. The lowest BCUT2D eigenvalue weighted by molar-refractivity contribution is -0.142. The highest BCUT2D eigenvalue weighted by molar-refractivity contribution is 5.97. The van der Waals surface area contributed by atoms with Crippen molar-refractivity contribution in [1.82, 2.24) is 5.32 Å². The van der Waals surface area contributed by atoms with Crippen molar-refractivity contribution in [2.24, 2.45) is 5.92 Å². The van der Waals surface area contributed by atoms with E-state index in [9.17, 15) is 9.59 Å². The van der Waals surface area contributed by atoms with Crippen LogP contribution in [0.15, 0.2) is 54.6 Å². The molecule has 0 radical (unpaired) electrons. The predicted octanol–water partition coefficient (Wildman–Crippen LogP) is 3.85. The number of rotatable bonds is 5. The Bertz CT molecular complexity index is 736. The molecule has 0 bridgehead atoms. The smallest absolute Gasteiger partial charge is 0.306 e. The normalized spacial score (nSPS) is 19.8. The van der Waals surface area contributed by atoms with Crippen molar-refractivity contribution in [3.8, 4) is 11.5 Å². The van der Waals surface area contributed by atoms with Crippen LogP contribution in [0.5, 0.6) is 11.5 Å². The van der Waals surface area contributed by atoms with Crippen LogP contribution in [0.3, 0.4) is 0 Å². The van der Waals surface area contributed by atoms with E-state index in [1.165, 1.54) is 0 Å². The van der Waals surface area contributed by atoms with Gasteiger partial charge in [0.05, 0.1) is 11.5 Å². The standard InChI is InChI=1S/C20H21NO4/c22-19(21-15-12-10-14(11-13-15)20(23)24)17-8-4-5-9-18(17)25-16-6-2-1-3-7-16/h1-9,14-15H,10-13H2,(H,21,22)(H,23,24). The first-order valence-electron chi connectivity index (χ1n) is 8.49. The maximum Gasteiger partial charge on any atom is 0.306 e. The van der Waals surface area contributed by atoms with Crippen LogP contribution < -0.4 is 10.1 Å². The lowest BCUT2D eigenvalue weighted by Gasteiger charge is -2.27. The fraction of sp³-hybridized carbons (Fsp3) is 0.300. The van der Waals surface area contributed by atoms with Crippen molar-refractivity contribution in [3.05, 3.63) is 60.2 Å². The molecule has 1 aliphatic rings. The number of ether oxygens (including phenoxy) is 1. The van der Waals surface area contributed by atoms with Crippen molar-refractivity contribution in [1.29, 1.82) is 0 Å². The zero-order valence-corrected chi connectivity index (χ0v) is 13.9. The fourth-order valence-electron chi connectivity index (χ4n) is 3.11. The van der Waals surface area contributed by atoms with Gasteiger partial charge in [0.1, 0.15) is 11.5 Å². The molecule has 3 rings (SSSR count). The van der Waals surface area contributed by atoms with E-state index in [0.29, 0.717) is 42.7 Å². The van der Waals surface area contributed by atoms with Crippen LogP contribution in [0.2, 0.25) is 0 Å². The van der Waals surface area contributed by atoms with Crippen LogP contribution in [-0.2, 0) is 4.79 Å². The molecule has 0 atom stereocenters. The number of benzene rings is 2. The van der Waals surface area contributed by atoms with Crippen LogP contribution in [0, 0.1) is 5.92 Å². The van der Waals surface area contributed by atoms with Gasteiger partial charge in [-0.3, -0.25) is 9.59 Å². The number of hydrogen-bond donors (Lipinski definition) is 2. The zero-order valence-electron chi connectivity index (χ0n) is 13.9. The lowest BCUT2D eigenvalue weighted by atomic mass is 9.86. The van der Waals surface area contributed by atoms with E-state index in [1.807, 2.05) is 36.4 Å². The molecule has 1 aliphatic carbocycles. The van der Waals surface area contributed by atoms with Crippen molar-refractivity contribution in [3.63, 3.8) is 0 Å². The molecule has 1 fully saturated rings. The summed E-state index contributed by atoms with van der Waals surface area (Å²) >= 11 is 0. The molecule has 0 heterocycles. The van der Waals surface area contributed by atoms with Gasteiger partial charge in [-0.05, 0) is 49.9 Å². The molecular formula is C20H21NO4. The summed E-state index contributed by atoms with van der Waals surface area (Å²) in [6.07, 6.45) is 2.57. The first-order chi connectivity index (χ1) is 12.1. The van der Waals surface area contributed by atoms with Gasteiger partial charge in [-0.25, -0.2) is 0 Å². The van der Waals surface area contributed by atoms with Gasteiger partial charge in [0, 0.05) is 6.04 Å². The van der Waals surface area contributed by atoms with Crippen LogP contribution >= 0.6 is 0 Å². The Labute approximate surface area is 146 Å². The van der Waals surface area contributed by atoms with E-state index in [0.717, 1.165) is 0 Å². The molecule has 25 heavy (non-hydrogen) atoms. The molecule has 5 heteroatoms. The molecule has 2 N–H and O–H groups in total. The van der Waals surface area contributed by atoms with Gasteiger partial charge < -0.3 is 15.2 Å². The van der Waals surface area contributed by atoms with E-state index in [4.69, 9.17) is 9.84 Å². The summed E-state index contributed by atoms with van der Waals surface area (Å²) in [7, 11) is 0. The first-order valence-corrected chi connectivity index (χ1v) is 8.49. The molecule has 0 spiro atoms. The third kappa shape index (κ3) is 4.38. The second kappa shape index (κ2) is 7.83. The van der Waals surface area contributed by atoms with Crippen molar-refractivity contribution < 1.29 is 19.4 Å². The number of carbonyl (C=O) groups excluding carboxylic acids is 1. The van der Waals surface area contributed by atoms with E-state index in [-0.39, 0.29) is 17.9 Å². The van der Waals surface area contributed by atoms with Crippen molar-refractivity contribution in [2.45, 2.75) is 31.7 Å². The highest BCUT2D eigenvalue weighted by Gasteiger charge is 2.27. The average Bonchev–Trinajstić information content (AvgIpc) is 2.63. The topological polar surface area (TPSA) is 75.6 Å². The number of carbonyl (C=O) groups is 2. The Morgan fingerprint density at radius 3 is 2.24 bits per heavy atom. The number of hydrogen-bond acceptors (Lipinski definition) is 3. The molecule has 2 aromatic rings. The number of nitrogens with one attached hydrogen (secondary N) is 1. The first kappa shape index (κ1) is 17.0. The van der Waals surface area contributed by atoms with Crippen LogP contribution in [-0.4, -0.2) is 23.0 Å². The number of aliphatic carboxylic acids is 1. The molecule has 0 aliphatic heterocycles. The van der Waals surface area contributed by atoms with Crippen molar-refractivity contribution >= 4 is 11.9 Å². The summed E-state index contributed by atoms with van der Waals surface area (Å²) in [5.74, 6) is -0.0475. The summed E-state index contributed by atoms with van der Waals surface area (Å²) in [6, 6.07) is 16.5. The minimum absolute atomic E-state index is 0.00730. The summed E-state index contributed by atoms with van der Waals surface area (Å²) in [5.41, 5.74) is 0.478. The van der Waals surface area contributed by atoms with Gasteiger partial charge in [0.15, 0.2) is 0 Å². The molecule has 130 valence electrons. The van der Waals surface area contributed by atoms with Gasteiger partial charge in [-0.1, -0.05) is 30.3 Å². The Hall–Kier alpha value is -2.82. The van der Waals surface area contributed by atoms with E-state index < -0.39 is 5.97 Å². The van der Waals surface area contributed by atoms with E-state index in [2.05, 4.69) is 5.32 Å². The molecular weight excluding hydrogens is 318 g/mol. The zero-order chi connectivity index (χ0) is 17.6. The van der Waals surface area contributed by atoms with Gasteiger partial charge >= 0.3 is 5.97 Å². The van der Waals surface area contributed by atoms with Crippen LogP contribution in [0.4, 0.5) is 0 Å². The highest BCUT2D eigenvalue weighted by Crippen LogP contribution is 2.27. The van der Waals surface area contributed by atoms with E-state index in [1.54, 1.807) is 18.2 Å². The number of amides is 1. The third-order valence-corrected chi connectivity index (χ3v) is 4.51. The summed E-state index contributed by atoms with van der Waals surface area (Å²) < 4.78 is 5.83. The SMILES string of the molecule is O=C(NC1CCC(C(=O)O)CC1)c1ccccc1Oc1ccccc1. The molecule has 1 amide bonds. The van der Waals surface area contributed by atoms with Gasteiger partial charge in [0.25, 0.3) is 5.91 Å². The van der Waals surface area contributed by atoms with Gasteiger partial charge in [-0.2, -0.15) is 0 Å². The average molecular weight is 339 g/mol. The molecule has 5 nitrogen and oxygen atoms in total. The Balaban J connectivity index is 1.66. The summed E-state index contributed by atoms with van der Waals surface area (Å²) in [5, 5.41) is 12.1. The van der Waals surface area contributed by atoms with Gasteiger partial charge in [0.2, 0.25) is 0 Å². The van der Waals surface area contributed by atoms with E-state index >= 15 is 0 Å². The summed E-state index contributed by atoms with van der Waals surface area (Å²) in [4.78, 5) is 23.7. The number of carboxylic acid groups (broad SMARTS) is 1. The lowest BCUT2D eigenvalue weighted by Crippen LogP contribution is -2.38. The Morgan fingerprint density at radius 1 is 0.920 bits per heavy atom. The predicted molar refractivity (Wildman–Crippen MR) is 93.8 cm³/mol. The molecule has 0 saturated heterocycles. The second-order valence-electron chi connectivity index (χ2n) is 6.27. The highest BCUT2D eigenvalue weighted by atomic mass is 16.5. The third-order valence-electron chi connectivity index (χ3n) is 4.51. The second-order valence-corrected chi connectivity index (χ2v) is 6.27. The van der Waals surface area contributed by atoms with Crippen LogP contribution in [0.25, 0.3) is 0 Å². The Morgan fingerprint density at radius 2 is 1.56 bits per heavy atom. The number of carboxylic acids is 1. The van der Waals surface area contributed by atoms with Crippen LogP contribution in [0.1, 0.15) is 36.0 Å². The van der Waals surface area contributed by atoms with Crippen molar-refractivity contribution in [2.75, 3.05) is 0 Å². The molecule has 1 saturated carbocycles. The quantitative estimate of drug-likeness (QED) is 0.867. The number of para-hydroxylation sites is 2. The molecule has 0 aromatic heterocycles. The minimum Gasteiger partial charge on any atom is -0.481 e. The minimum atomic E-state index is -0.744. The monoisotopic (exact) mass is 339 g/mol. The fourth-order valence-corrected chi connectivity index (χ4v) is 3.11. The molecule has 2 aromatic carbocycles. The van der Waals surface area contributed by atoms with Gasteiger partial charge in [-0.15, -0.1) is 0 Å². The maximum absolute atomic E-state index is 12.6. The summed E-state index contributed by atoms with van der Waals surface area (Å²) in [6.45, 7) is 0. The molecule has 0 unspecified atom stereocenters.